The second-order valence-corrected chi connectivity index (χ2v) is 6.09. The van der Waals surface area contributed by atoms with Crippen molar-refractivity contribution in [1.82, 2.24) is 10.2 Å². The number of carbonyl (C=O) groups excluding carboxylic acids is 2. The number of hydrogen-bond acceptors (Lipinski definition) is 3. The summed E-state index contributed by atoms with van der Waals surface area (Å²) in [6.07, 6.45) is 1.63. The zero-order chi connectivity index (χ0) is 16.1. The van der Waals surface area contributed by atoms with Gasteiger partial charge < -0.3 is 10.6 Å². The van der Waals surface area contributed by atoms with E-state index in [1.807, 2.05) is 26.0 Å². The second-order valence-electron chi connectivity index (χ2n) is 6.09. The van der Waals surface area contributed by atoms with Crippen molar-refractivity contribution >= 4 is 17.5 Å². The number of amides is 2. The largest absolute Gasteiger partial charge is 0.359 e. The van der Waals surface area contributed by atoms with Crippen LogP contribution in [0.25, 0.3) is 0 Å². The lowest BCUT2D eigenvalue weighted by molar-refractivity contribution is -0.126. The van der Waals surface area contributed by atoms with E-state index in [-0.39, 0.29) is 17.7 Å². The topological polar surface area (TPSA) is 61.4 Å². The number of piperidine rings is 1. The molecule has 5 heteroatoms. The molecule has 0 bridgehead atoms. The Morgan fingerprint density at radius 2 is 1.73 bits per heavy atom. The predicted molar refractivity (Wildman–Crippen MR) is 87.8 cm³/mol. The predicted octanol–water partition coefficient (Wildman–Crippen LogP) is 1.70. The van der Waals surface area contributed by atoms with Crippen molar-refractivity contribution in [2.24, 2.45) is 5.92 Å². The fourth-order valence-corrected chi connectivity index (χ4v) is 3.01. The molecular formula is C17H25N3O2. The SMILES string of the molecule is CNC(=O)C1CCN(CC(=O)Nc2cc(C)cc(C)c2)CC1. The van der Waals surface area contributed by atoms with Crippen LogP contribution >= 0.6 is 0 Å². The Hall–Kier alpha value is -1.88. The number of anilines is 1. The van der Waals surface area contributed by atoms with Crippen LogP contribution in [0.2, 0.25) is 0 Å². The lowest BCUT2D eigenvalue weighted by Gasteiger charge is -2.30. The van der Waals surface area contributed by atoms with E-state index in [0.717, 1.165) is 42.7 Å². The normalized spacial score (nSPS) is 16.3. The smallest absolute Gasteiger partial charge is 0.238 e. The summed E-state index contributed by atoms with van der Waals surface area (Å²) in [6.45, 7) is 6.00. The van der Waals surface area contributed by atoms with Crippen molar-refractivity contribution < 1.29 is 9.59 Å². The molecule has 120 valence electrons. The van der Waals surface area contributed by atoms with Gasteiger partial charge >= 0.3 is 0 Å². The number of aryl methyl sites for hydroxylation is 2. The van der Waals surface area contributed by atoms with Gasteiger partial charge in [0.1, 0.15) is 0 Å². The fourth-order valence-electron chi connectivity index (χ4n) is 3.01. The number of likely N-dealkylation sites (tertiary alicyclic amines) is 1. The van der Waals surface area contributed by atoms with E-state index in [2.05, 4.69) is 21.6 Å². The van der Waals surface area contributed by atoms with E-state index in [9.17, 15) is 9.59 Å². The summed E-state index contributed by atoms with van der Waals surface area (Å²) >= 11 is 0. The zero-order valence-electron chi connectivity index (χ0n) is 13.6. The quantitative estimate of drug-likeness (QED) is 0.890. The Morgan fingerprint density at radius 1 is 1.14 bits per heavy atom. The molecule has 2 N–H and O–H groups in total. The van der Waals surface area contributed by atoms with E-state index in [4.69, 9.17) is 0 Å². The molecule has 22 heavy (non-hydrogen) atoms. The fraction of sp³-hybridized carbons (Fsp3) is 0.529. The van der Waals surface area contributed by atoms with Crippen LogP contribution in [0, 0.1) is 19.8 Å². The van der Waals surface area contributed by atoms with E-state index < -0.39 is 0 Å². The van der Waals surface area contributed by atoms with Gasteiger partial charge in [0.15, 0.2) is 0 Å². The highest BCUT2D eigenvalue weighted by molar-refractivity contribution is 5.92. The Balaban J connectivity index is 1.82. The zero-order valence-corrected chi connectivity index (χ0v) is 13.6. The Labute approximate surface area is 132 Å². The minimum atomic E-state index is 0.00314. The summed E-state index contributed by atoms with van der Waals surface area (Å²) in [6, 6.07) is 6.03. The number of benzene rings is 1. The molecule has 0 atom stereocenters. The van der Waals surface area contributed by atoms with Gasteiger partial charge in [-0.15, -0.1) is 0 Å². The third-order valence-electron chi connectivity index (χ3n) is 4.08. The van der Waals surface area contributed by atoms with Gasteiger partial charge in [-0.2, -0.15) is 0 Å². The summed E-state index contributed by atoms with van der Waals surface area (Å²) in [5.41, 5.74) is 3.13. The molecule has 1 aliphatic rings. The van der Waals surface area contributed by atoms with E-state index in [1.54, 1.807) is 7.05 Å². The lowest BCUT2D eigenvalue weighted by atomic mass is 9.96. The highest BCUT2D eigenvalue weighted by atomic mass is 16.2. The molecule has 5 nitrogen and oxygen atoms in total. The first kappa shape index (κ1) is 16.5. The van der Waals surface area contributed by atoms with Crippen LogP contribution in [0.5, 0.6) is 0 Å². The first-order valence-electron chi connectivity index (χ1n) is 7.80. The molecule has 2 amide bonds. The summed E-state index contributed by atoms with van der Waals surface area (Å²) < 4.78 is 0. The molecule has 1 aromatic carbocycles. The highest BCUT2D eigenvalue weighted by Crippen LogP contribution is 2.18. The Morgan fingerprint density at radius 3 is 2.27 bits per heavy atom. The average Bonchev–Trinajstić information content (AvgIpc) is 2.46. The van der Waals surface area contributed by atoms with Crippen molar-refractivity contribution in [2.75, 3.05) is 32.0 Å². The minimum absolute atomic E-state index is 0.00314. The maximum atomic E-state index is 12.1. The summed E-state index contributed by atoms with van der Waals surface area (Å²) in [5.74, 6) is 0.200. The molecule has 1 aliphatic heterocycles. The minimum Gasteiger partial charge on any atom is -0.359 e. The van der Waals surface area contributed by atoms with Gasteiger partial charge in [0.2, 0.25) is 11.8 Å². The van der Waals surface area contributed by atoms with Crippen LogP contribution in [0.1, 0.15) is 24.0 Å². The second kappa shape index (κ2) is 7.40. The molecule has 0 unspecified atom stereocenters. The highest BCUT2D eigenvalue weighted by Gasteiger charge is 2.25. The molecule has 0 aliphatic carbocycles. The third kappa shape index (κ3) is 4.56. The van der Waals surface area contributed by atoms with E-state index >= 15 is 0 Å². The lowest BCUT2D eigenvalue weighted by Crippen LogP contribution is -2.42. The van der Waals surface area contributed by atoms with E-state index in [0.29, 0.717) is 6.54 Å². The van der Waals surface area contributed by atoms with Gasteiger partial charge in [-0.1, -0.05) is 6.07 Å². The van der Waals surface area contributed by atoms with Crippen LogP contribution < -0.4 is 10.6 Å². The van der Waals surface area contributed by atoms with Gasteiger partial charge in [0.25, 0.3) is 0 Å². The van der Waals surface area contributed by atoms with Crippen molar-refractivity contribution in [3.05, 3.63) is 29.3 Å². The molecule has 1 aromatic rings. The van der Waals surface area contributed by atoms with Crippen molar-refractivity contribution in [3.63, 3.8) is 0 Å². The maximum absolute atomic E-state index is 12.1. The summed E-state index contributed by atoms with van der Waals surface area (Å²) in [7, 11) is 1.67. The van der Waals surface area contributed by atoms with Gasteiger partial charge in [-0.25, -0.2) is 0 Å². The Bertz CT molecular complexity index is 529. The maximum Gasteiger partial charge on any atom is 0.238 e. The number of rotatable bonds is 4. The number of nitrogens with zero attached hydrogens (tertiary/aromatic N) is 1. The van der Waals surface area contributed by atoms with Crippen molar-refractivity contribution in [2.45, 2.75) is 26.7 Å². The van der Waals surface area contributed by atoms with Crippen LogP contribution in [0.15, 0.2) is 18.2 Å². The third-order valence-corrected chi connectivity index (χ3v) is 4.08. The summed E-state index contributed by atoms with van der Waals surface area (Å²) in [5, 5.41) is 5.65. The van der Waals surface area contributed by atoms with Crippen molar-refractivity contribution in [3.8, 4) is 0 Å². The molecule has 0 aromatic heterocycles. The number of carbonyl (C=O) groups is 2. The van der Waals surface area contributed by atoms with Gasteiger partial charge in [0.05, 0.1) is 6.54 Å². The molecule has 1 saturated heterocycles. The molecule has 0 radical (unpaired) electrons. The van der Waals surface area contributed by atoms with Crippen LogP contribution in [-0.4, -0.2) is 43.4 Å². The molecule has 2 rings (SSSR count). The van der Waals surface area contributed by atoms with Gasteiger partial charge in [-0.3, -0.25) is 14.5 Å². The summed E-state index contributed by atoms with van der Waals surface area (Å²) in [4.78, 5) is 25.8. The van der Waals surface area contributed by atoms with Crippen LogP contribution in [-0.2, 0) is 9.59 Å². The van der Waals surface area contributed by atoms with Crippen LogP contribution in [0.4, 0.5) is 5.69 Å². The molecule has 0 saturated carbocycles. The first-order chi connectivity index (χ1) is 10.5. The van der Waals surface area contributed by atoms with E-state index in [1.165, 1.54) is 0 Å². The van der Waals surface area contributed by atoms with Crippen molar-refractivity contribution in [1.29, 1.82) is 0 Å². The molecule has 0 spiro atoms. The standard InChI is InChI=1S/C17H25N3O2/c1-12-8-13(2)10-15(9-12)19-16(21)11-20-6-4-14(5-7-20)17(22)18-3/h8-10,14H,4-7,11H2,1-3H3,(H,18,22)(H,19,21). The van der Waals surface area contributed by atoms with Crippen LogP contribution in [0.3, 0.4) is 0 Å². The molecule has 1 fully saturated rings. The molecule has 1 heterocycles. The first-order valence-corrected chi connectivity index (χ1v) is 7.80. The average molecular weight is 303 g/mol. The van der Waals surface area contributed by atoms with Gasteiger partial charge in [0, 0.05) is 18.7 Å². The Kier molecular flexibility index (Phi) is 5.55. The number of hydrogen-bond donors (Lipinski definition) is 2. The number of nitrogens with one attached hydrogen (secondary N) is 2. The monoisotopic (exact) mass is 303 g/mol. The molecular weight excluding hydrogens is 278 g/mol. The van der Waals surface area contributed by atoms with Gasteiger partial charge in [-0.05, 0) is 63.0 Å².